The minimum absolute atomic E-state index is 0.0817. The molecule has 0 aliphatic rings. The third-order valence-electron chi connectivity index (χ3n) is 2.34. The molecule has 1 rings (SSSR count). The van der Waals surface area contributed by atoms with Crippen LogP contribution in [-0.4, -0.2) is 32.5 Å². The summed E-state index contributed by atoms with van der Waals surface area (Å²) < 4.78 is 46.3. The summed E-state index contributed by atoms with van der Waals surface area (Å²) in [6.45, 7) is 2.28. The predicted octanol–water partition coefficient (Wildman–Crippen LogP) is 3.52. The quantitative estimate of drug-likeness (QED) is 0.723. The molecule has 114 valence electrons. The SMILES string of the molecule is CCNCc1cc(OCCOCC(F)(F)F)ccc1Br. The second-order valence-corrected chi connectivity index (χ2v) is 4.90. The maximum absolute atomic E-state index is 11.8. The van der Waals surface area contributed by atoms with Crippen LogP contribution < -0.4 is 10.1 Å². The summed E-state index contributed by atoms with van der Waals surface area (Å²) in [5, 5.41) is 3.19. The van der Waals surface area contributed by atoms with Gasteiger partial charge < -0.3 is 14.8 Å². The summed E-state index contributed by atoms with van der Waals surface area (Å²) in [6.07, 6.45) is -4.30. The van der Waals surface area contributed by atoms with Gasteiger partial charge in [-0.25, -0.2) is 0 Å². The van der Waals surface area contributed by atoms with Crippen molar-refractivity contribution >= 4 is 15.9 Å². The second kappa shape index (κ2) is 8.49. The lowest BCUT2D eigenvalue weighted by Crippen LogP contribution is -2.19. The molecule has 0 unspecified atom stereocenters. The number of nitrogens with one attached hydrogen (secondary N) is 1. The Kier molecular flexibility index (Phi) is 7.32. The molecule has 0 fully saturated rings. The fraction of sp³-hybridized carbons (Fsp3) is 0.538. The van der Waals surface area contributed by atoms with Gasteiger partial charge >= 0.3 is 6.18 Å². The first-order valence-corrected chi connectivity index (χ1v) is 6.98. The Labute approximate surface area is 124 Å². The van der Waals surface area contributed by atoms with Crippen molar-refractivity contribution in [1.29, 1.82) is 0 Å². The molecule has 1 N–H and O–H groups in total. The van der Waals surface area contributed by atoms with Gasteiger partial charge in [0, 0.05) is 11.0 Å². The van der Waals surface area contributed by atoms with Crippen molar-refractivity contribution in [3.05, 3.63) is 28.2 Å². The van der Waals surface area contributed by atoms with Crippen LogP contribution in [-0.2, 0) is 11.3 Å². The van der Waals surface area contributed by atoms with E-state index in [0.29, 0.717) is 12.3 Å². The van der Waals surface area contributed by atoms with Gasteiger partial charge in [0.05, 0.1) is 6.61 Å². The molecule has 0 radical (unpaired) electrons. The molecule has 0 amide bonds. The maximum atomic E-state index is 11.8. The molecule has 7 heteroatoms. The number of benzene rings is 1. The van der Waals surface area contributed by atoms with Gasteiger partial charge in [-0.2, -0.15) is 13.2 Å². The third-order valence-corrected chi connectivity index (χ3v) is 3.12. The Morgan fingerprint density at radius 1 is 1.25 bits per heavy atom. The zero-order chi connectivity index (χ0) is 15.0. The number of rotatable bonds is 8. The van der Waals surface area contributed by atoms with Crippen molar-refractivity contribution in [1.82, 2.24) is 5.32 Å². The van der Waals surface area contributed by atoms with Gasteiger partial charge in [-0.05, 0) is 30.3 Å². The van der Waals surface area contributed by atoms with Crippen LogP contribution in [0.4, 0.5) is 13.2 Å². The van der Waals surface area contributed by atoms with Crippen LogP contribution in [0.5, 0.6) is 5.75 Å². The molecule has 0 aliphatic carbocycles. The van der Waals surface area contributed by atoms with Gasteiger partial charge in [0.15, 0.2) is 0 Å². The molecule has 0 aromatic heterocycles. The fourth-order valence-corrected chi connectivity index (χ4v) is 1.83. The summed E-state index contributed by atoms with van der Waals surface area (Å²) in [7, 11) is 0. The molecule has 0 saturated heterocycles. The molecule has 0 saturated carbocycles. The minimum Gasteiger partial charge on any atom is -0.491 e. The molecule has 0 spiro atoms. The summed E-state index contributed by atoms with van der Waals surface area (Å²) in [6, 6.07) is 5.44. The zero-order valence-corrected chi connectivity index (χ0v) is 12.7. The Bertz CT molecular complexity index is 413. The average Bonchev–Trinajstić information content (AvgIpc) is 2.37. The number of halogens is 4. The second-order valence-electron chi connectivity index (χ2n) is 4.05. The van der Waals surface area contributed by atoms with E-state index in [4.69, 9.17) is 4.74 Å². The number of hydrogen-bond acceptors (Lipinski definition) is 3. The van der Waals surface area contributed by atoms with Crippen LogP contribution in [0.15, 0.2) is 22.7 Å². The molecule has 20 heavy (non-hydrogen) atoms. The van der Waals surface area contributed by atoms with E-state index >= 15 is 0 Å². The predicted molar refractivity (Wildman–Crippen MR) is 73.9 cm³/mol. The van der Waals surface area contributed by atoms with Gasteiger partial charge in [-0.15, -0.1) is 0 Å². The number of ether oxygens (including phenoxy) is 2. The van der Waals surface area contributed by atoms with Crippen LogP contribution in [0.3, 0.4) is 0 Å². The highest BCUT2D eigenvalue weighted by Gasteiger charge is 2.27. The number of hydrogen-bond donors (Lipinski definition) is 1. The van der Waals surface area contributed by atoms with Gasteiger partial charge in [-0.3, -0.25) is 0 Å². The summed E-state index contributed by atoms with van der Waals surface area (Å²) in [5.41, 5.74) is 1.03. The molecule has 3 nitrogen and oxygen atoms in total. The van der Waals surface area contributed by atoms with Crippen molar-refractivity contribution in [2.24, 2.45) is 0 Å². The molecular formula is C13H17BrF3NO2. The molecule has 0 bridgehead atoms. The van der Waals surface area contributed by atoms with E-state index in [1.807, 2.05) is 19.1 Å². The van der Waals surface area contributed by atoms with E-state index in [9.17, 15) is 13.2 Å². The van der Waals surface area contributed by atoms with E-state index in [-0.39, 0.29) is 13.2 Å². The number of alkyl halides is 3. The minimum atomic E-state index is -4.30. The van der Waals surface area contributed by atoms with Crippen LogP contribution in [0.1, 0.15) is 12.5 Å². The van der Waals surface area contributed by atoms with Crippen molar-refractivity contribution in [3.8, 4) is 5.75 Å². The highest BCUT2D eigenvalue weighted by molar-refractivity contribution is 9.10. The summed E-state index contributed by atoms with van der Waals surface area (Å²) in [5.74, 6) is 0.608. The highest BCUT2D eigenvalue weighted by atomic mass is 79.9. The topological polar surface area (TPSA) is 30.5 Å². The average molecular weight is 356 g/mol. The van der Waals surface area contributed by atoms with E-state index in [1.165, 1.54) is 0 Å². The van der Waals surface area contributed by atoms with Gasteiger partial charge in [0.2, 0.25) is 0 Å². The Hall–Kier alpha value is -0.790. The zero-order valence-electron chi connectivity index (χ0n) is 11.1. The first-order chi connectivity index (χ1) is 9.42. The lowest BCUT2D eigenvalue weighted by atomic mass is 10.2. The van der Waals surface area contributed by atoms with E-state index in [0.717, 1.165) is 16.6 Å². The van der Waals surface area contributed by atoms with E-state index in [1.54, 1.807) is 6.07 Å². The Morgan fingerprint density at radius 2 is 2.00 bits per heavy atom. The van der Waals surface area contributed by atoms with E-state index in [2.05, 4.69) is 26.0 Å². The molecule has 1 aromatic rings. The van der Waals surface area contributed by atoms with Crippen LogP contribution >= 0.6 is 15.9 Å². The summed E-state index contributed by atoms with van der Waals surface area (Å²) in [4.78, 5) is 0. The summed E-state index contributed by atoms with van der Waals surface area (Å²) >= 11 is 3.43. The Morgan fingerprint density at radius 3 is 2.65 bits per heavy atom. The van der Waals surface area contributed by atoms with Crippen molar-refractivity contribution in [3.63, 3.8) is 0 Å². The monoisotopic (exact) mass is 355 g/mol. The lowest BCUT2D eigenvalue weighted by molar-refractivity contribution is -0.175. The third kappa shape index (κ3) is 7.12. The Balaban J connectivity index is 2.36. The lowest BCUT2D eigenvalue weighted by Gasteiger charge is -2.11. The van der Waals surface area contributed by atoms with Crippen molar-refractivity contribution in [2.45, 2.75) is 19.6 Å². The molecule has 1 aromatic carbocycles. The first kappa shape index (κ1) is 17.3. The van der Waals surface area contributed by atoms with Gasteiger partial charge in [0.25, 0.3) is 0 Å². The first-order valence-electron chi connectivity index (χ1n) is 6.19. The van der Waals surface area contributed by atoms with E-state index < -0.39 is 12.8 Å². The molecule has 0 heterocycles. The standard InChI is InChI=1S/C13H17BrF3NO2/c1-2-18-8-10-7-11(3-4-12(10)14)20-6-5-19-9-13(15,16)17/h3-4,7,18H,2,5-6,8-9H2,1H3. The van der Waals surface area contributed by atoms with Gasteiger partial charge in [-0.1, -0.05) is 22.9 Å². The molecular weight excluding hydrogens is 339 g/mol. The molecule has 0 atom stereocenters. The van der Waals surface area contributed by atoms with Crippen LogP contribution in [0, 0.1) is 0 Å². The maximum Gasteiger partial charge on any atom is 0.411 e. The smallest absolute Gasteiger partial charge is 0.411 e. The van der Waals surface area contributed by atoms with Crippen LogP contribution in [0.2, 0.25) is 0 Å². The highest BCUT2D eigenvalue weighted by Crippen LogP contribution is 2.22. The largest absolute Gasteiger partial charge is 0.491 e. The molecule has 0 aliphatic heterocycles. The van der Waals surface area contributed by atoms with Crippen molar-refractivity contribution in [2.75, 3.05) is 26.4 Å². The van der Waals surface area contributed by atoms with Gasteiger partial charge in [0.1, 0.15) is 19.0 Å². The fourth-order valence-electron chi connectivity index (χ4n) is 1.44. The normalized spacial score (nSPS) is 11.7. The van der Waals surface area contributed by atoms with Crippen molar-refractivity contribution < 1.29 is 22.6 Å². The van der Waals surface area contributed by atoms with Crippen LogP contribution in [0.25, 0.3) is 0 Å².